The summed E-state index contributed by atoms with van der Waals surface area (Å²) in [6.07, 6.45) is 4.69. The topological polar surface area (TPSA) is 45.8 Å². The standard InChI is InChI=1S/C14H16N2O/c1-3-5-6-13-15-12-8-7-10(4-2)9-11(12)14(17)16-13/h4,7-9H,2-3,5-6H2,1H3,(H,15,16,17). The highest BCUT2D eigenvalue weighted by molar-refractivity contribution is 5.80. The van der Waals surface area contributed by atoms with Crippen LogP contribution in [0.3, 0.4) is 0 Å². The van der Waals surface area contributed by atoms with Crippen molar-refractivity contribution in [3.8, 4) is 0 Å². The maximum Gasteiger partial charge on any atom is 0.280 e. The normalized spacial score (nSPS) is 10.6. The zero-order valence-corrected chi connectivity index (χ0v) is 9.99. The van der Waals surface area contributed by atoms with Gasteiger partial charge >= 0.3 is 0 Å². The van der Waals surface area contributed by atoms with Gasteiger partial charge in [-0.15, -0.1) is 0 Å². The van der Waals surface area contributed by atoms with Crippen LogP contribution >= 0.6 is 0 Å². The molecule has 3 nitrogen and oxygen atoms in total. The number of benzene rings is 1. The van der Waals surface area contributed by atoms with Gasteiger partial charge < -0.3 is 4.98 Å². The second kappa shape index (κ2) is 4.95. The predicted octanol–water partition coefficient (Wildman–Crippen LogP) is 2.91. The van der Waals surface area contributed by atoms with E-state index in [4.69, 9.17) is 0 Å². The molecule has 0 spiro atoms. The first-order chi connectivity index (χ1) is 8.24. The highest BCUT2D eigenvalue weighted by atomic mass is 16.1. The summed E-state index contributed by atoms with van der Waals surface area (Å²) in [5, 5.41) is 0.627. The lowest BCUT2D eigenvalue weighted by Crippen LogP contribution is -2.12. The van der Waals surface area contributed by atoms with Crippen LogP contribution in [0.1, 0.15) is 31.2 Å². The van der Waals surface area contributed by atoms with Crippen molar-refractivity contribution in [1.82, 2.24) is 9.97 Å². The number of nitrogens with zero attached hydrogens (tertiary/aromatic N) is 1. The first-order valence-electron chi connectivity index (χ1n) is 5.90. The fourth-order valence-electron chi connectivity index (χ4n) is 1.80. The summed E-state index contributed by atoms with van der Waals surface area (Å²) in [4.78, 5) is 19.1. The molecule has 0 atom stereocenters. The molecule has 88 valence electrons. The quantitative estimate of drug-likeness (QED) is 0.874. The number of fused-ring (bicyclic) bond motifs is 1. The van der Waals surface area contributed by atoms with Gasteiger partial charge in [0, 0.05) is 6.42 Å². The fourth-order valence-corrected chi connectivity index (χ4v) is 1.80. The van der Waals surface area contributed by atoms with Crippen molar-refractivity contribution >= 4 is 17.0 Å². The van der Waals surface area contributed by atoms with Crippen molar-refractivity contribution in [2.24, 2.45) is 0 Å². The van der Waals surface area contributed by atoms with Crippen LogP contribution in [-0.4, -0.2) is 9.97 Å². The Morgan fingerprint density at radius 2 is 2.29 bits per heavy atom. The second-order valence-corrected chi connectivity index (χ2v) is 4.10. The van der Waals surface area contributed by atoms with E-state index in [0.717, 1.165) is 36.2 Å². The van der Waals surface area contributed by atoms with Crippen molar-refractivity contribution in [3.63, 3.8) is 0 Å². The first kappa shape index (κ1) is 11.6. The molecule has 0 aliphatic carbocycles. The van der Waals surface area contributed by atoms with Gasteiger partial charge in [0.1, 0.15) is 5.82 Å². The summed E-state index contributed by atoms with van der Waals surface area (Å²) < 4.78 is 0. The number of unbranched alkanes of at least 4 members (excludes halogenated alkanes) is 1. The third-order valence-electron chi connectivity index (χ3n) is 2.79. The van der Waals surface area contributed by atoms with Gasteiger partial charge in [-0.2, -0.15) is 4.98 Å². The molecule has 0 amide bonds. The largest absolute Gasteiger partial charge is 0.343 e. The second-order valence-electron chi connectivity index (χ2n) is 4.10. The van der Waals surface area contributed by atoms with Crippen LogP contribution in [0.5, 0.6) is 0 Å². The summed E-state index contributed by atoms with van der Waals surface area (Å²) in [6.45, 7) is 5.81. The lowest BCUT2D eigenvalue weighted by Gasteiger charge is -2.03. The van der Waals surface area contributed by atoms with Gasteiger partial charge in [0.2, 0.25) is 0 Å². The zero-order chi connectivity index (χ0) is 12.3. The van der Waals surface area contributed by atoms with Crippen molar-refractivity contribution in [1.29, 1.82) is 0 Å². The van der Waals surface area contributed by atoms with Gasteiger partial charge in [0.25, 0.3) is 5.56 Å². The summed E-state index contributed by atoms with van der Waals surface area (Å²) in [5.41, 5.74) is 1.63. The number of hydrogen-bond donors (Lipinski definition) is 1. The van der Waals surface area contributed by atoms with Crippen LogP contribution in [0.25, 0.3) is 17.0 Å². The van der Waals surface area contributed by atoms with Crippen LogP contribution in [0.2, 0.25) is 0 Å². The van der Waals surface area contributed by atoms with Gasteiger partial charge in [0.05, 0.1) is 10.9 Å². The molecule has 1 N–H and O–H groups in total. The lowest BCUT2D eigenvalue weighted by atomic mass is 10.1. The molecule has 2 rings (SSSR count). The van der Waals surface area contributed by atoms with Gasteiger partial charge in [-0.3, -0.25) is 4.79 Å². The van der Waals surface area contributed by atoms with Gasteiger partial charge in [-0.05, 0) is 24.1 Å². The van der Waals surface area contributed by atoms with Crippen molar-refractivity contribution in [2.75, 3.05) is 0 Å². The minimum Gasteiger partial charge on any atom is -0.343 e. The number of aryl methyl sites for hydroxylation is 1. The molecule has 0 aliphatic heterocycles. The Balaban J connectivity index is 2.52. The summed E-state index contributed by atoms with van der Waals surface area (Å²) in [7, 11) is 0. The van der Waals surface area contributed by atoms with Crippen LogP contribution in [-0.2, 0) is 6.42 Å². The molecule has 17 heavy (non-hydrogen) atoms. The third-order valence-corrected chi connectivity index (χ3v) is 2.79. The average Bonchev–Trinajstić information content (AvgIpc) is 2.36. The average molecular weight is 228 g/mol. The van der Waals surface area contributed by atoms with Crippen molar-refractivity contribution in [2.45, 2.75) is 26.2 Å². The smallest absolute Gasteiger partial charge is 0.280 e. The molecule has 1 aromatic carbocycles. The van der Waals surface area contributed by atoms with E-state index in [9.17, 15) is 4.79 Å². The molecule has 0 unspecified atom stereocenters. The van der Waals surface area contributed by atoms with E-state index in [-0.39, 0.29) is 5.56 Å². The van der Waals surface area contributed by atoms with E-state index < -0.39 is 0 Å². The maximum absolute atomic E-state index is 11.9. The summed E-state index contributed by atoms with van der Waals surface area (Å²) in [5.74, 6) is 0.774. The lowest BCUT2D eigenvalue weighted by molar-refractivity contribution is 0.753. The monoisotopic (exact) mass is 228 g/mol. The molecule has 0 fully saturated rings. The molecule has 2 aromatic rings. The Labute approximate surface area is 100 Å². The first-order valence-corrected chi connectivity index (χ1v) is 5.90. The molecule has 0 bridgehead atoms. The Hall–Kier alpha value is -1.90. The number of aromatic amines is 1. The predicted molar refractivity (Wildman–Crippen MR) is 71.1 cm³/mol. The minimum absolute atomic E-state index is 0.159. The molecule has 0 saturated heterocycles. The molecule has 3 heteroatoms. The number of H-pyrrole nitrogens is 1. The molecule has 0 saturated carbocycles. The van der Waals surface area contributed by atoms with Crippen molar-refractivity contribution < 1.29 is 0 Å². The molecule has 0 aliphatic rings. The van der Waals surface area contributed by atoms with E-state index >= 15 is 0 Å². The molecule has 1 heterocycles. The summed E-state index contributed by atoms with van der Waals surface area (Å²) >= 11 is 0. The van der Waals surface area contributed by atoms with E-state index in [1.807, 2.05) is 18.2 Å². The number of nitrogens with one attached hydrogen (secondary N) is 1. The maximum atomic E-state index is 11.9. The number of rotatable bonds is 4. The highest BCUT2D eigenvalue weighted by Gasteiger charge is 2.03. The minimum atomic E-state index is -0.159. The third kappa shape index (κ3) is 2.44. The Morgan fingerprint density at radius 3 is 3.00 bits per heavy atom. The van der Waals surface area contributed by atoms with Crippen LogP contribution in [0.4, 0.5) is 0 Å². The molecule has 0 radical (unpaired) electrons. The van der Waals surface area contributed by atoms with Gasteiger partial charge in [-0.25, -0.2) is 0 Å². The van der Waals surface area contributed by atoms with Gasteiger partial charge in [-0.1, -0.05) is 32.1 Å². The SMILES string of the molecule is C=Cc1ccc2[nH]c(CCCC)nc(=O)c2c1. The fraction of sp³-hybridized carbons (Fsp3) is 0.286. The zero-order valence-electron chi connectivity index (χ0n) is 9.99. The Bertz CT molecular complexity index is 599. The van der Waals surface area contributed by atoms with E-state index in [0.29, 0.717) is 5.39 Å². The molecular formula is C14H16N2O. The Kier molecular flexibility index (Phi) is 3.38. The van der Waals surface area contributed by atoms with Crippen LogP contribution in [0.15, 0.2) is 29.6 Å². The van der Waals surface area contributed by atoms with Crippen LogP contribution in [0, 0.1) is 0 Å². The van der Waals surface area contributed by atoms with E-state index in [1.54, 1.807) is 6.08 Å². The van der Waals surface area contributed by atoms with E-state index in [2.05, 4.69) is 23.5 Å². The van der Waals surface area contributed by atoms with Crippen molar-refractivity contribution in [3.05, 3.63) is 46.5 Å². The Morgan fingerprint density at radius 1 is 1.47 bits per heavy atom. The number of aromatic nitrogens is 2. The van der Waals surface area contributed by atoms with Crippen LogP contribution < -0.4 is 5.56 Å². The number of hydrogen-bond acceptors (Lipinski definition) is 2. The molecular weight excluding hydrogens is 212 g/mol. The van der Waals surface area contributed by atoms with E-state index in [1.165, 1.54) is 0 Å². The summed E-state index contributed by atoms with van der Waals surface area (Å²) in [6, 6.07) is 5.66. The molecule has 1 aromatic heterocycles. The highest BCUT2D eigenvalue weighted by Crippen LogP contribution is 2.11. The van der Waals surface area contributed by atoms with Gasteiger partial charge in [0.15, 0.2) is 0 Å².